The minimum absolute atomic E-state index is 0.0299. The molecule has 12 heteroatoms. The van der Waals surface area contributed by atoms with Crippen molar-refractivity contribution in [2.45, 2.75) is 12.1 Å². The van der Waals surface area contributed by atoms with Gasteiger partial charge in [-0.15, -0.1) is 0 Å². The number of imidazole rings is 1. The van der Waals surface area contributed by atoms with Gasteiger partial charge in [0, 0.05) is 32.7 Å². The van der Waals surface area contributed by atoms with Gasteiger partial charge >= 0.3 is 11.7 Å². The highest BCUT2D eigenvalue weighted by molar-refractivity contribution is 5.95. The first kappa shape index (κ1) is 21.3. The molecule has 168 valence electrons. The van der Waals surface area contributed by atoms with Crippen molar-refractivity contribution in [1.82, 2.24) is 23.6 Å². The van der Waals surface area contributed by atoms with Crippen LogP contribution in [0.1, 0.15) is 16.4 Å². The summed E-state index contributed by atoms with van der Waals surface area (Å²) in [6, 6.07) is 5.50. The number of nitrogens with zero attached hydrogens (tertiary/aromatic N) is 5. The van der Waals surface area contributed by atoms with E-state index in [-0.39, 0.29) is 41.5 Å². The highest BCUT2D eigenvalue weighted by Gasteiger charge is 2.37. The monoisotopic (exact) mass is 443 g/mol. The molecule has 0 radical (unpaired) electrons. The fourth-order valence-electron chi connectivity index (χ4n) is 3.90. The van der Waals surface area contributed by atoms with E-state index in [1.807, 2.05) is 0 Å². The number of fused-ring (bicyclic) bond motifs is 1. The Morgan fingerprint density at radius 1 is 1.19 bits per heavy atom. The largest absolute Gasteiger partial charge is 0.482 e. The molecule has 32 heavy (non-hydrogen) atoms. The molecular weight excluding hydrogens is 422 g/mol. The van der Waals surface area contributed by atoms with Gasteiger partial charge in [0.15, 0.2) is 12.1 Å². The van der Waals surface area contributed by atoms with Crippen LogP contribution in [0, 0.1) is 0 Å². The zero-order chi connectivity index (χ0) is 23.2. The van der Waals surface area contributed by atoms with E-state index in [1.54, 1.807) is 22.8 Å². The Hall–Kier alpha value is -3.93. The summed E-state index contributed by atoms with van der Waals surface area (Å²) in [5.41, 5.74) is -0.434. The number of rotatable bonds is 5. The van der Waals surface area contributed by atoms with Crippen LogP contribution in [0.2, 0.25) is 0 Å². The highest BCUT2D eigenvalue weighted by atomic mass is 16.5. The van der Waals surface area contributed by atoms with Crippen LogP contribution in [0.5, 0.6) is 5.75 Å². The zero-order valence-electron chi connectivity index (χ0n) is 17.3. The number of aryl methyl sites for hydroxylation is 1. The van der Waals surface area contributed by atoms with Crippen LogP contribution in [-0.2, 0) is 18.9 Å². The van der Waals surface area contributed by atoms with Crippen molar-refractivity contribution in [3.05, 3.63) is 57.0 Å². The molecule has 0 unspecified atom stereocenters. The maximum Gasteiger partial charge on any atom is 0.341 e. The molecule has 3 aromatic rings. The molecule has 4 rings (SSSR count). The molecule has 1 fully saturated rings. The second-order valence-electron chi connectivity index (χ2n) is 7.58. The van der Waals surface area contributed by atoms with Crippen molar-refractivity contribution >= 4 is 23.0 Å². The van der Waals surface area contributed by atoms with Crippen molar-refractivity contribution < 1.29 is 24.5 Å². The first-order valence-electron chi connectivity index (χ1n) is 9.73. The normalized spacial score (nSPS) is 18.3. The Kier molecular flexibility index (Phi) is 5.30. The summed E-state index contributed by atoms with van der Waals surface area (Å²) in [6.07, 6.45) is 0.426. The van der Waals surface area contributed by atoms with Crippen molar-refractivity contribution in [3.8, 4) is 5.75 Å². The number of amides is 1. The second kappa shape index (κ2) is 7.96. The zero-order valence-corrected chi connectivity index (χ0v) is 17.3. The lowest BCUT2D eigenvalue weighted by atomic mass is 10.2. The van der Waals surface area contributed by atoms with Crippen molar-refractivity contribution in [2.24, 2.45) is 14.1 Å². The molecule has 1 amide bonds. The van der Waals surface area contributed by atoms with Crippen LogP contribution in [0.15, 0.2) is 40.2 Å². The first-order valence-corrected chi connectivity index (χ1v) is 9.73. The lowest BCUT2D eigenvalue weighted by Gasteiger charge is -2.18. The van der Waals surface area contributed by atoms with E-state index in [9.17, 15) is 24.3 Å². The summed E-state index contributed by atoms with van der Waals surface area (Å²) in [6.45, 7) is -0.384. The average molecular weight is 443 g/mol. The van der Waals surface area contributed by atoms with E-state index < -0.39 is 36.0 Å². The molecular formula is C20H21N5O7. The van der Waals surface area contributed by atoms with E-state index in [4.69, 9.17) is 9.84 Å². The van der Waals surface area contributed by atoms with E-state index in [0.29, 0.717) is 0 Å². The summed E-state index contributed by atoms with van der Waals surface area (Å²) in [5.74, 6) is -1.27. The first-order chi connectivity index (χ1) is 15.2. The molecule has 2 aromatic heterocycles. The van der Waals surface area contributed by atoms with E-state index in [1.165, 1.54) is 36.0 Å². The smallest absolute Gasteiger partial charge is 0.341 e. The van der Waals surface area contributed by atoms with Gasteiger partial charge in [0.25, 0.3) is 11.5 Å². The summed E-state index contributed by atoms with van der Waals surface area (Å²) >= 11 is 0. The predicted molar refractivity (Wildman–Crippen MR) is 111 cm³/mol. The van der Waals surface area contributed by atoms with E-state index in [2.05, 4.69) is 4.98 Å². The number of likely N-dealkylation sites (tertiary alicyclic amines) is 1. The number of carbonyl (C=O) groups is 2. The lowest BCUT2D eigenvalue weighted by molar-refractivity contribution is -0.139. The van der Waals surface area contributed by atoms with Gasteiger partial charge < -0.3 is 24.4 Å². The Balaban J connectivity index is 1.62. The number of aliphatic carboxylic acids is 1. The molecule has 1 aromatic carbocycles. The third-order valence-corrected chi connectivity index (χ3v) is 5.51. The number of carboxylic acids is 1. The number of carboxylic acid groups (broad SMARTS) is 1. The molecule has 12 nitrogen and oxygen atoms in total. The summed E-state index contributed by atoms with van der Waals surface area (Å²) in [4.78, 5) is 54.0. The summed E-state index contributed by atoms with van der Waals surface area (Å²) in [5, 5.41) is 19.4. The van der Waals surface area contributed by atoms with Crippen LogP contribution in [0.3, 0.4) is 0 Å². The number of β-amino-alcohol motifs (C(OH)–C–C–N with tert-alkyl or cyclic N) is 1. The molecule has 3 heterocycles. The molecule has 0 spiro atoms. The predicted octanol–water partition coefficient (Wildman–Crippen LogP) is -1.04. The molecule has 0 saturated carbocycles. The number of hydrogen-bond acceptors (Lipinski definition) is 7. The minimum atomic E-state index is -1.14. The summed E-state index contributed by atoms with van der Waals surface area (Å²) in [7, 11) is 2.87. The Morgan fingerprint density at radius 3 is 2.66 bits per heavy atom. The SMILES string of the molecule is Cn1c(=O)c2ncn([C@@H]3CN(C(=O)c4cccc(OCC(=O)O)c4)C[C@H]3O)c2n(C)c1=O. The maximum atomic E-state index is 13.0. The standard InChI is InChI=1S/C20H21N5O7/c1-22-17-16(19(30)23(2)20(22)31)21-10-25(17)13-7-24(8-14(13)26)18(29)11-4-3-5-12(6-11)32-9-15(27)28/h3-6,10,13-14,26H,7-9H2,1-2H3,(H,27,28)/t13-,14-/m1/s1. The van der Waals surface area contributed by atoms with Crippen LogP contribution >= 0.6 is 0 Å². The highest BCUT2D eigenvalue weighted by Crippen LogP contribution is 2.27. The van der Waals surface area contributed by atoms with Crippen LogP contribution in [0.4, 0.5) is 0 Å². The van der Waals surface area contributed by atoms with Gasteiger partial charge in [0.1, 0.15) is 11.4 Å². The molecule has 1 aliphatic heterocycles. The van der Waals surface area contributed by atoms with Crippen LogP contribution < -0.4 is 16.0 Å². The van der Waals surface area contributed by atoms with E-state index >= 15 is 0 Å². The Bertz CT molecular complexity index is 1340. The van der Waals surface area contributed by atoms with Crippen LogP contribution in [-0.4, -0.2) is 71.5 Å². The fraction of sp³-hybridized carbons (Fsp3) is 0.350. The molecule has 2 atom stereocenters. The van der Waals surface area contributed by atoms with Crippen molar-refractivity contribution in [1.29, 1.82) is 0 Å². The van der Waals surface area contributed by atoms with Gasteiger partial charge in [-0.2, -0.15) is 0 Å². The van der Waals surface area contributed by atoms with E-state index in [0.717, 1.165) is 4.57 Å². The quantitative estimate of drug-likeness (QED) is 0.508. The number of carbonyl (C=O) groups excluding carboxylic acids is 1. The number of aliphatic hydroxyl groups excluding tert-OH is 1. The van der Waals surface area contributed by atoms with Crippen molar-refractivity contribution in [3.63, 3.8) is 0 Å². The number of hydrogen-bond donors (Lipinski definition) is 2. The fourth-order valence-corrected chi connectivity index (χ4v) is 3.90. The minimum Gasteiger partial charge on any atom is -0.482 e. The number of ether oxygens (including phenoxy) is 1. The third kappa shape index (κ3) is 3.54. The van der Waals surface area contributed by atoms with Gasteiger partial charge in [-0.3, -0.25) is 18.7 Å². The molecule has 0 aliphatic carbocycles. The van der Waals surface area contributed by atoms with Gasteiger partial charge in [0.05, 0.1) is 18.5 Å². The molecule has 0 bridgehead atoms. The number of benzene rings is 1. The number of aliphatic hydroxyl groups is 1. The maximum absolute atomic E-state index is 13.0. The van der Waals surface area contributed by atoms with Gasteiger partial charge in [-0.05, 0) is 18.2 Å². The summed E-state index contributed by atoms with van der Waals surface area (Å²) < 4.78 is 8.90. The van der Waals surface area contributed by atoms with Gasteiger partial charge in [-0.25, -0.2) is 14.6 Å². The Morgan fingerprint density at radius 2 is 1.94 bits per heavy atom. The molecule has 1 aliphatic rings. The lowest BCUT2D eigenvalue weighted by Crippen LogP contribution is -2.38. The molecule has 2 N–H and O–H groups in total. The third-order valence-electron chi connectivity index (χ3n) is 5.51. The molecule has 1 saturated heterocycles. The topological polar surface area (TPSA) is 149 Å². The average Bonchev–Trinajstić information content (AvgIpc) is 3.38. The van der Waals surface area contributed by atoms with Gasteiger partial charge in [-0.1, -0.05) is 6.07 Å². The Labute approximate surface area is 180 Å². The van der Waals surface area contributed by atoms with Crippen LogP contribution in [0.25, 0.3) is 11.2 Å². The second-order valence-corrected chi connectivity index (χ2v) is 7.58. The van der Waals surface area contributed by atoms with Gasteiger partial charge in [0.2, 0.25) is 0 Å². The van der Waals surface area contributed by atoms with Crippen molar-refractivity contribution in [2.75, 3.05) is 19.7 Å². The number of aromatic nitrogens is 4.